The first-order chi connectivity index (χ1) is 7.29. The fourth-order valence-electron chi connectivity index (χ4n) is 0.836. The minimum absolute atomic E-state index is 0.374. The third-order valence-corrected chi connectivity index (χ3v) is 4.68. The predicted octanol–water partition coefficient (Wildman–Crippen LogP) is -0.0701. The second kappa shape index (κ2) is 5.13. The van der Waals surface area contributed by atoms with Gasteiger partial charge >= 0.3 is 95.7 Å². The van der Waals surface area contributed by atoms with Crippen LogP contribution in [-0.4, -0.2) is 0 Å². The first-order valence-corrected chi connectivity index (χ1v) is 8.05. The normalized spacial score (nSPS) is 12.6. The van der Waals surface area contributed by atoms with Gasteiger partial charge in [-0.3, -0.25) is 0 Å². The molecule has 0 saturated carbocycles. The standard InChI is InChI=1S/C7H7O.2Cr.6O/c8-6-7-4-2-1-3-5-7;;;;;;;;/h1-5H,6H2;;;;;;;;/q-1;;+1;;;;;;-1. The van der Waals surface area contributed by atoms with Gasteiger partial charge in [-0.15, -0.1) is 0 Å². The molecule has 1 aromatic rings. The molecule has 0 bridgehead atoms. The van der Waals surface area contributed by atoms with Crippen LogP contribution in [0.25, 0.3) is 0 Å². The molecule has 9 heteroatoms. The minimum atomic E-state index is -6.03. The molecule has 0 unspecified atom stereocenters. The first-order valence-electron chi connectivity index (χ1n) is 3.89. The average Bonchev–Trinajstić information content (AvgIpc) is 2.13. The molecule has 0 fully saturated rings. The van der Waals surface area contributed by atoms with Crippen molar-refractivity contribution in [1.29, 1.82) is 0 Å². The molecule has 0 aliphatic rings. The average molecular weight is 307 g/mol. The zero-order chi connectivity index (χ0) is 12.2. The first kappa shape index (κ1) is 13.4. The van der Waals surface area contributed by atoms with E-state index in [0.717, 1.165) is 0 Å². The van der Waals surface area contributed by atoms with E-state index < -0.39 is 27.2 Å². The van der Waals surface area contributed by atoms with Gasteiger partial charge in [-0.1, -0.05) is 0 Å². The fourth-order valence-corrected chi connectivity index (χ4v) is 3.22. The molecule has 0 atom stereocenters. The van der Waals surface area contributed by atoms with Crippen LogP contribution in [0.2, 0.25) is 0 Å². The van der Waals surface area contributed by atoms with E-state index in [1.54, 1.807) is 30.3 Å². The Bertz CT molecular complexity index is 531. The second-order valence-electron chi connectivity index (χ2n) is 2.63. The Kier molecular flexibility index (Phi) is 4.31. The third kappa shape index (κ3) is 5.45. The van der Waals surface area contributed by atoms with Crippen molar-refractivity contribution >= 4 is 0 Å². The van der Waals surface area contributed by atoms with Crippen molar-refractivity contribution in [3.63, 3.8) is 0 Å². The molecule has 0 aliphatic carbocycles. The van der Waals surface area contributed by atoms with E-state index in [-0.39, 0.29) is 6.61 Å². The Morgan fingerprint density at radius 2 is 1.62 bits per heavy atom. The molecule has 0 aromatic heterocycles. The van der Waals surface area contributed by atoms with Gasteiger partial charge in [-0.2, -0.15) is 0 Å². The molecule has 1 aromatic carbocycles. The van der Waals surface area contributed by atoms with Crippen LogP contribution in [0.1, 0.15) is 5.56 Å². The molecule has 16 heavy (non-hydrogen) atoms. The van der Waals surface area contributed by atoms with Gasteiger partial charge in [0.1, 0.15) is 0 Å². The number of hydrogen-bond acceptors (Lipinski definition) is 7. The molecular formula is C7H7Cr2O7-. The molecule has 0 amide bonds. The summed E-state index contributed by atoms with van der Waals surface area (Å²) in [5.74, 6) is 0. The monoisotopic (exact) mass is 307 g/mol. The number of hydrogen-bond donors (Lipinski definition) is 0. The topological polar surface area (TPSA) is 110 Å². The third-order valence-electron chi connectivity index (χ3n) is 1.38. The van der Waals surface area contributed by atoms with Crippen LogP contribution in [0.4, 0.5) is 0 Å². The van der Waals surface area contributed by atoms with Crippen molar-refractivity contribution in [1.82, 2.24) is 0 Å². The molecule has 0 aliphatic heterocycles. The summed E-state index contributed by atoms with van der Waals surface area (Å²) >= 11 is -11.6. The van der Waals surface area contributed by atoms with Crippen molar-refractivity contribution in [3.05, 3.63) is 35.9 Å². The van der Waals surface area contributed by atoms with Crippen LogP contribution in [-0.2, 0) is 55.7 Å². The Balaban J connectivity index is 2.63. The van der Waals surface area contributed by atoms with E-state index in [1.165, 1.54) is 0 Å². The molecule has 0 radical (unpaired) electrons. The second-order valence-corrected chi connectivity index (χ2v) is 6.64. The molecule has 7 nitrogen and oxygen atoms in total. The summed E-state index contributed by atoms with van der Waals surface area (Å²) < 4.78 is 59.7. The van der Waals surface area contributed by atoms with Crippen LogP contribution < -0.4 is 4.16 Å². The summed E-state index contributed by atoms with van der Waals surface area (Å²) in [7, 11) is 0. The van der Waals surface area contributed by atoms with E-state index in [2.05, 4.69) is 6.63 Å². The Morgan fingerprint density at radius 1 is 1.06 bits per heavy atom. The quantitative estimate of drug-likeness (QED) is 0.748. The van der Waals surface area contributed by atoms with E-state index in [1.807, 2.05) is 0 Å². The SMILES string of the molecule is [O]=[Cr](=[O])([O-])[O][Cr](=[O])(=[O])[O]Cc1ccccc1. The zero-order valence-electron chi connectivity index (χ0n) is 7.77. The van der Waals surface area contributed by atoms with Gasteiger partial charge in [-0.25, -0.2) is 0 Å². The van der Waals surface area contributed by atoms with Crippen molar-refractivity contribution < 1.29 is 53.2 Å². The van der Waals surface area contributed by atoms with Gasteiger partial charge < -0.3 is 0 Å². The van der Waals surface area contributed by atoms with E-state index >= 15 is 0 Å². The van der Waals surface area contributed by atoms with Gasteiger partial charge in [0.2, 0.25) is 0 Å². The van der Waals surface area contributed by atoms with Gasteiger partial charge in [0.05, 0.1) is 0 Å². The summed E-state index contributed by atoms with van der Waals surface area (Å²) in [6, 6.07) is 8.16. The van der Waals surface area contributed by atoms with Crippen LogP contribution in [0.3, 0.4) is 0 Å². The Morgan fingerprint density at radius 3 is 2.12 bits per heavy atom. The Hall–Kier alpha value is -0.635. The van der Waals surface area contributed by atoms with Crippen molar-refractivity contribution in [3.8, 4) is 0 Å². The molecule has 0 spiro atoms. The summed E-state index contributed by atoms with van der Waals surface area (Å²) in [4.78, 5) is 0. The number of rotatable bonds is 5. The van der Waals surface area contributed by atoms with Gasteiger partial charge in [-0.05, 0) is 0 Å². The maximum absolute atomic E-state index is 10.9. The van der Waals surface area contributed by atoms with E-state index in [0.29, 0.717) is 5.56 Å². The van der Waals surface area contributed by atoms with Crippen molar-refractivity contribution in [2.75, 3.05) is 0 Å². The summed E-state index contributed by atoms with van der Waals surface area (Å²) in [5, 5.41) is 0. The summed E-state index contributed by atoms with van der Waals surface area (Å²) in [5.41, 5.74) is 0.511. The van der Waals surface area contributed by atoms with E-state index in [9.17, 15) is 19.4 Å². The number of benzene rings is 1. The molecular weight excluding hydrogens is 300 g/mol. The Labute approximate surface area is 95.8 Å². The summed E-state index contributed by atoms with van der Waals surface area (Å²) in [6.07, 6.45) is 0. The molecule has 0 saturated heterocycles. The molecule has 90 valence electrons. The van der Waals surface area contributed by atoms with E-state index in [4.69, 9.17) is 0 Å². The van der Waals surface area contributed by atoms with Crippen LogP contribution in [0.15, 0.2) is 30.3 Å². The molecule has 1 rings (SSSR count). The van der Waals surface area contributed by atoms with Gasteiger partial charge in [0, 0.05) is 0 Å². The van der Waals surface area contributed by atoms with Crippen molar-refractivity contribution in [2.24, 2.45) is 0 Å². The van der Waals surface area contributed by atoms with Gasteiger partial charge in [0.15, 0.2) is 0 Å². The van der Waals surface area contributed by atoms with Crippen LogP contribution in [0.5, 0.6) is 0 Å². The van der Waals surface area contributed by atoms with Crippen LogP contribution in [0, 0.1) is 0 Å². The van der Waals surface area contributed by atoms with Crippen LogP contribution >= 0.6 is 0 Å². The summed E-state index contributed by atoms with van der Waals surface area (Å²) in [6.45, 7) is -0.374. The predicted molar refractivity (Wildman–Crippen MR) is 35.1 cm³/mol. The molecule has 0 heterocycles. The maximum atomic E-state index is 10.9. The van der Waals surface area contributed by atoms with Crippen molar-refractivity contribution in [2.45, 2.75) is 6.61 Å². The van der Waals surface area contributed by atoms with Gasteiger partial charge in [0.25, 0.3) is 0 Å². The molecule has 0 N–H and O–H groups in total. The fraction of sp³-hybridized carbons (Fsp3) is 0.143. The zero-order valence-corrected chi connectivity index (χ0v) is 10.3.